The second-order valence-corrected chi connectivity index (χ2v) is 5.18. The molecule has 0 spiro atoms. The molecule has 5 heteroatoms. The van der Waals surface area contributed by atoms with Crippen molar-refractivity contribution < 1.29 is 9.53 Å². The van der Waals surface area contributed by atoms with Gasteiger partial charge in [0.15, 0.2) is 5.78 Å². The number of hydrogen-bond donors (Lipinski definition) is 0. The first kappa shape index (κ1) is 13.6. The molecule has 2 rings (SSSR count). The van der Waals surface area contributed by atoms with E-state index < -0.39 is 5.92 Å². The van der Waals surface area contributed by atoms with E-state index in [4.69, 9.17) is 16.3 Å². The molecule has 0 saturated heterocycles. The van der Waals surface area contributed by atoms with Crippen LogP contribution in [0.15, 0.2) is 35.7 Å². The second-order valence-electron chi connectivity index (χ2n) is 3.83. The van der Waals surface area contributed by atoms with Crippen LogP contribution < -0.4 is 4.74 Å². The molecule has 19 heavy (non-hydrogen) atoms. The first-order valence-electron chi connectivity index (χ1n) is 5.47. The van der Waals surface area contributed by atoms with Gasteiger partial charge >= 0.3 is 0 Å². The Morgan fingerprint density at radius 1 is 1.47 bits per heavy atom. The maximum absolute atomic E-state index is 12.3. The Balaban J connectivity index is 2.32. The molecular weight excluding hydrogens is 282 g/mol. The van der Waals surface area contributed by atoms with Gasteiger partial charge in [-0.3, -0.25) is 4.79 Å². The molecule has 0 aliphatic heterocycles. The van der Waals surface area contributed by atoms with Crippen LogP contribution in [0.5, 0.6) is 5.75 Å². The Morgan fingerprint density at radius 2 is 2.26 bits per heavy atom. The van der Waals surface area contributed by atoms with E-state index in [9.17, 15) is 10.1 Å². The zero-order valence-corrected chi connectivity index (χ0v) is 11.7. The van der Waals surface area contributed by atoms with Gasteiger partial charge in [0.2, 0.25) is 0 Å². The highest BCUT2D eigenvalue weighted by Crippen LogP contribution is 2.28. The first-order chi connectivity index (χ1) is 9.15. The normalized spacial score (nSPS) is 11.6. The van der Waals surface area contributed by atoms with Crippen molar-refractivity contribution in [3.63, 3.8) is 0 Å². The van der Waals surface area contributed by atoms with Crippen LogP contribution in [0.1, 0.15) is 21.2 Å². The largest absolute Gasteiger partial charge is 0.496 e. The van der Waals surface area contributed by atoms with E-state index in [-0.39, 0.29) is 5.78 Å². The van der Waals surface area contributed by atoms with Crippen LogP contribution in [0.3, 0.4) is 0 Å². The van der Waals surface area contributed by atoms with E-state index >= 15 is 0 Å². The van der Waals surface area contributed by atoms with Gasteiger partial charge in [0.1, 0.15) is 11.7 Å². The van der Waals surface area contributed by atoms with Crippen molar-refractivity contribution in [3.8, 4) is 11.8 Å². The van der Waals surface area contributed by atoms with E-state index in [0.717, 1.165) is 0 Å². The molecule has 0 bridgehead atoms. The van der Waals surface area contributed by atoms with E-state index in [0.29, 0.717) is 21.2 Å². The molecule has 0 amide bonds. The summed E-state index contributed by atoms with van der Waals surface area (Å²) in [7, 11) is 1.54. The molecule has 1 heterocycles. The molecule has 0 aliphatic carbocycles. The summed E-state index contributed by atoms with van der Waals surface area (Å²) in [4.78, 5) is 12.8. The van der Waals surface area contributed by atoms with Gasteiger partial charge in [-0.1, -0.05) is 23.7 Å². The third kappa shape index (κ3) is 2.95. The molecular formula is C14H10ClNO2S. The number of Topliss-reactive ketones (excluding diaryl/α,β-unsaturated/α-hetero) is 1. The predicted octanol–water partition coefficient (Wildman–Crippen LogP) is 3.90. The van der Waals surface area contributed by atoms with Gasteiger partial charge in [0.05, 0.1) is 18.1 Å². The highest BCUT2D eigenvalue weighted by Gasteiger charge is 2.23. The SMILES string of the molecule is COc1csc(C(=O)C(C#N)c2cccc(Cl)c2)c1. The van der Waals surface area contributed by atoms with E-state index in [1.807, 2.05) is 6.07 Å². The average Bonchev–Trinajstić information content (AvgIpc) is 2.88. The number of methoxy groups -OCH3 is 1. The number of hydrogen-bond acceptors (Lipinski definition) is 4. The summed E-state index contributed by atoms with van der Waals surface area (Å²) in [5.74, 6) is -0.462. The third-order valence-corrected chi connectivity index (χ3v) is 3.79. The van der Waals surface area contributed by atoms with Crippen molar-refractivity contribution in [2.75, 3.05) is 7.11 Å². The van der Waals surface area contributed by atoms with Crippen molar-refractivity contribution in [2.24, 2.45) is 0 Å². The highest BCUT2D eigenvalue weighted by atomic mass is 35.5. The number of benzene rings is 1. The van der Waals surface area contributed by atoms with Gasteiger partial charge in [-0.15, -0.1) is 11.3 Å². The quantitative estimate of drug-likeness (QED) is 0.803. The zero-order chi connectivity index (χ0) is 13.8. The summed E-state index contributed by atoms with van der Waals surface area (Å²) in [6.07, 6.45) is 0. The fourth-order valence-electron chi connectivity index (χ4n) is 1.67. The summed E-state index contributed by atoms with van der Waals surface area (Å²) in [5, 5.41) is 11.5. The summed E-state index contributed by atoms with van der Waals surface area (Å²) >= 11 is 7.15. The Kier molecular flexibility index (Phi) is 4.20. The minimum absolute atomic E-state index is 0.238. The van der Waals surface area contributed by atoms with Crippen LogP contribution in [0.4, 0.5) is 0 Å². The summed E-state index contributed by atoms with van der Waals surface area (Å²) in [6, 6.07) is 10.5. The van der Waals surface area contributed by atoms with E-state index in [2.05, 4.69) is 0 Å². The number of halogens is 1. The number of nitriles is 1. The average molecular weight is 292 g/mol. The van der Waals surface area contributed by atoms with Crippen molar-refractivity contribution >= 4 is 28.7 Å². The maximum atomic E-state index is 12.3. The molecule has 96 valence electrons. The van der Waals surface area contributed by atoms with Crippen molar-refractivity contribution in [1.29, 1.82) is 5.26 Å². The van der Waals surface area contributed by atoms with Crippen LogP contribution in [0.25, 0.3) is 0 Å². The monoisotopic (exact) mass is 291 g/mol. The van der Waals surface area contributed by atoms with Crippen LogP contribution >= 0.6 is 22.9 Å². The van der Waals surface area contributed by atoms with Crippen LogP contribution in [0.2, 0.25) is 5.02 Å². The number of ether oxygens (including phenoxy) is 1. The molecule has 1 aromatic carbocycles. The van der Waals surface area contributed by atoms with Crippen molar-refractivity contribution in [1.82, 2.24) is 0 Å². The molecule has 0 saturated carbocycles. The molecule has 1 aromatic heterocycles. The maximum Gasteiger partial charge on any atom is 0.194 e. The van der Waals surface area contributed by atoms with Gasteiger partial charge in [0.25, 0.3) is 0 Å². The molecule has 0 radical (unpaired) electrons. The topological polar surface area (TPSA) is 50.1 Å². The number of thiophene rings is 1. The molecule has 0 aliphatic rings. The Labute approximate surface area is 120 Å². The van der Waals surface area contributed by atoms with Crippen molar-refractivity contribution in [3.05, 3.63) is 51.2 Å². The van der Waals surface area contributed by atoms with Crippen LogP contribution in [0, 0.1) is 11.3 Å². The lowest BCUT2D eigenvalue weighted by Gasteiger charge is -2.07. The lowest BCUT2D eigenvalue weighted by molar-refractivity contribution is 0.0982. The Morgan fingerprint density at radius 3 is 2.84 bits per heavy atom. The summed E-state index contributed by atoms with van der Waals surface area (Å²) in [5.41, 5.74) is 0.604. The molecule has 2 aromatic rings. The van der Waals surface area contributed by atoms with Crippen LogP contribution in [-0.4, -0.2) is 12.9 Å². The molecule has 0 N–H and O–H groups in total. The van der Waals surface area contributed by atoms with Gasteiger partial charge in [-0.05, 0) is 17.7 Å². The Bertz CT molecular complexity index is 645. The van der Waals surface area contributed by atoms with Crippen LogP contribution in [-0.2, 0) is 0 Å². The minimum atomic E-state index is -0.845. The number of carbonyl (C=O) groups is 1. The lowest BCUT2D eigenvalue weighted by atomic mass is 9.95. The van der Waals surface area contributed by atoms with Gasteiger partial charge in [-0.25, -0.2) is 0 Å². The molecule has 3 nitrogen and oxygen atoms in total. The van der Waals surface area contributed by atoms with Gasteiger partial charge in [0, 0.05) is 16.5 Å². The fraction of sp³-hybridized carbons (Fsp3) is 0.143. The second kappa shape index (κ2) is 5.87. The molecule has 0 fully saturated rings. The Hall–Kier alpha value is -1.83. The first-order valence-corrected chi connectivity index (χ1v) is 6.73. The standard InChI is InChI=1S/C14H10ClNO2S/c1-18-11-6-13(19-8-11)14(17)12(7-16)9-3-2-4-10(15)5-9/h2-6,8,12H,1H3. The number of carbonyl (C=O) groups excluding carboxylic acids is 1. The van der Waals surface area contributed by atoms with Gasteiger partial charge in [-0.2, -0.15) is 5.26 Å². The smallest absolute Gasteiger partial charge is 0.194 e. The molecule has 1 atom stereocenters. The van der Waals surface area contributed by atoms with Gasteiger partial charge < -0.3 is 4.74 Å². The summed E-state index contributed by atoms with van der Waals surface area (Å²) < 4.78 is 5.04. The molecule has 1 unspecified atom stereocenters. The van der Waals surface area contributed by atoms with Crippen molar-refractivity contribution in [2.45, 2.75) is 5.92 Å². The third-order valence-electron chi connectivity index (χ3n) is 2.63. The lowest BCUT2D eigenvalue weighted by Crippen LogP contribution is -2.09. The highest BCUT2D eigenvalue weighted by molar-refractivity contribution is 7.12. The predicted molar refractivity (Wildman–Crippen MR) is 75.0 cm³/mol. The fourth-order valence-corrected chi connectivity index (χ4v) is 2.69. The zero-order valence-electron chi connectivity index (χ0n) is 10.1. The van der Waals surface area contributed by atoms with E-state index in [1.165, 1.54) is 18.4 Å². The number of ketones is 1. The summed E-state index contributed by atoms with van der Waals surface area (Å²) in [6.45, 7) is 0. The van der Waals surface area contributed by atoms with E-state index in [1.54, 1.807) is 35.7 Å². The minimum Gasteiger partial charge on any atom is -0.496 e. The number of rotatable bonds is 4. The number of nitrogens with zero attached hydrogens (tertiary/aromatic N) is 1.